The Kier molecular flexibility index (Phi) is 4.74. The molecular weight excluding hydrogens is 390 g/mol. The predicted octanol–water partition coefficient (Wildman–Crippen LogP) is 3.11. The van der Waals surface area contributed by atoms with Crippen molar-refractivity contribution in [2.75, 3.05) is 0 Å². The summed E-state index contributed by atoms with van der Waals surface area (Å²) in [6.07, 6.45) is 9.21. The average molecular weight is 402 g/mol. The highest BCUT2D eigenvalue weighted by Crippen LogP contribution is 2.25. The standard InChI is InChI=1S/C9H12I2N2/c1-2-7(10)6-9-8(11)4-3-5-13(9)12/h3-7H,2,12H2,1H3/b9-6-. The third-order valence-corrected chi connectivity index (χ3v) is 3.89. The summed E-state index contributed by atoms with van der Waals surface area (Å²) in [5.74, 6) is 5.80. The zero-order chi connectivity index (χ0) is 9.84. The number of rotatable bonds is 2. The van der Waals surface area contributed by atoms with E-state index in [1.165, 1.54) is 3.58 Å². The lowest BCUT2D eigenvalue weighted by atomic mass is 10.2. The van der Waals surface area contributed by atoms with Gasteiger partial charge in [0.15, 0.2) is 0 Å². The first-order valence-electron chi connectivity index (χ1n) is 4.09. The summed E-state index contributed by atoms with van der Waals surface area (Å²) in [6, 6.07) is 0. The van der Waals surface area contributed by atoms with Gasteiger partial charge in [-0.15, -0.1) is 0 Å². The molecule has 0 aliphatic carbocycles. The van der Waals surface area contributed by atoms with Crippen LogP contribution in [0.5, 0.6) is 0 Å². The molecule has 0 spiro atoms. The van der Waals surface area contributed by atoms with Crippen LogP contribution >= 0.6 is 45.2 Å². The summed E-state index contributed by atoms with van der Waals surface area (Å²) in [4.78, 5) is 0. The van der Waals surface area contributed by atoms with E-state index in [-0.39, 0.29) is 0 Å². The lowest BCUT2D eigenvalue weighted by Crippen LogP contribution is -2.26. The van der Waals surface area contributed by atoms with Crippen molar-refractivity contribution in [3.05, 3.63) is 33.7 Å². The van der Waals surface area contributed by atoms with Crippen LogP contribution in [0.2, 0.25) is 0 Å². The van der Waals surface area contributed by atoms with E-state index in [0.29, 0.717) is 3.92 Å². The normalized spacial score (nSPS) is 22.0. The number of nitrogens with zero attached hydrogens (tertiary/aromatic N) is 1. The van der Waals surface area contributed by atoms with Crippen LogP contribution < -0.4 is 5.84 Å². The van der Waals surface area contributed by atoms with Gasteiger partial charge in [-0.3, -0.25) is 5.01 Å². The second-order valence-electron chi connectivity index (χ2n) is 2.74. The van der Waals surface area contributed by atoms with Gasteiger partial charge in [0, 0.05) is 13.7 Å². The fraction of sp³-hybridized carbons (Fsp3) is 0.333. The van der Waals surface area contributed by atoms with Crippen LogP contribution in [0.3, 0.4) is 0 Å². The molecule has 1 unspecified atom stereocenters. The Morgan fingerprint density at radius 1 is 1.69 bits per heavy atom. The van der Waals surface area contributed by atoms with Gasteiger partial charge >= 0.3 is 0 Å². The van der Waals surface area contributed by atoms with Crippen molar-refractivity contribution < 1.29 is 0 Å². The van der Waals surface area contributed by atoms with Crippen LogP contribution in [0, 0.1) is 0 Å². The Morgan fingerprint density at radius 3 is 2.92 bits per heavy atom. The molecule has 0 bridgehead atoms. The van der Waals surface area contributed by atoms with Crippen LogP contribution in [-0.4, -0.2) is 8.93 Å². The molecule has 1 heterocycles. The number of hydrogen-bond donors (Lipinski definition) is 1. The largest absolute Gasteiger partial charge is 0.286 e. The van der Waals surface area contributed by atoms with E-state index < -0.39 is 0 Å². The monoisotopic (exact) mass is 402 g/mol. The van der Waals surface area contributed by atoms with Gasteiger partial charge < -0.3 is 0 Å². The maximum atomic E-state index is 5.80. The van der Waals surface area contributed by atoms with E-state index in [1.54, 1.807) is 5.01 Å². The van der Waals surface area contributed by atoms with E-state index in [2.05, 4.69) is 64.3 Å². The molecular formula is C9H12I2N2. The van der Waals surface area contributed by atoms with Gasteiger partial charge in [0.1, 0.15) is 0 Å². The zero-order valence-electron chi connectivity index (χ0n) is 7.37. The van der Waals surface area contributed by atoms with E-state index in [0.717, 1.165) is 12.1 Å². The molecule has 13 heavy (non-hydrogen) atoms. The van der Waals surface area contributed by atoms with Crippen molar-refractivity contribution in [3.63, 3.8) is 0 Å². The first-order valence-corrected chi connectivity index (χ1v) is 6.41. The summed E-state index contributed by atoms with van der Waals surface area (Å²) in [5.41, 5.74) is 1.10. The molecule has 0 aromatic heterocycles. The fourth-order valence-corrected chi connectivity index (χ4v) is 1.97. The molecule has 0 amide bonds. The molecule has 0 aromatic rings. The number of halogens is 2. The van der Waals surface area contributed by atoms with Crippen molar-refractivity contribution in [2.45, 2.75) is 17.3 Å². The van der Waals surface area contributed by atoms with Crippen molar-refractivity contribution >= 4 is 45.2 Å². The Balaban J connectivity index is 2.84. The van der Waals surface area contributed by atoms with Crippen molar-refractivity contribution in [1.29, 1.82) is 0 Å². The lowest BCUT2D eigenvalue weighted by molar-refractivity contribution is 0.501. The second-order valence-corrected chi connectivity index (χ2v) is 5.50. The Hall–Kier alpha value is 0.440. The van der Waals surface area contributed by atoms with Gasteiger partial charge in [-0.25, -0.2) is 5.84 Å². The topological polar surface area (TPSA) is 29.3 Å². The molecule has 2 nitrogen and oxygen atoms in total. The van der Waals surface area contributed by atoms with Gasteiger partial charge in [-0.05, 0) is 47.2 Å². The summed E-state index contributed by atoms with van der Waals surface area (Å²) >= 11 is 4.71. The van der Waals surface area contributed by atoms with Gasteiger partial charge in [0.2, 0.25) is 0 Å². The Bertz CT molecular complexity index is 269. The molecule has 2 N–H and O–H groups in total. The SMILES string of the molecule is CCC(I)/C=C1/C(I)=CC=CN1N. The predicted molar refractivity (Wildman–Crippen MR) is 73.5 cm³/mol. The summed E-state index contributed by atoms with van der Waals surface area (Å²) < 4.78 is 1.74. The number of hydrogen-bond acceptors (Lipinski definition) is 2. The molecule has 1 rings (SSSR count). The molecule has 0 saturated carbocycles. The van der Waals surface area contributed by atoms with E-state index in [4.69, 9.17) is 5.84 Å². The molecule has 0 fully saturated rings. The number of hydrazine groups is 1. The number of alkyl halides is 1. The Labute approximate surface area is 106 Å². The lowest BCUT2D eigenvalue weighted by Gasteiger charge is -2.21. The van der Waals surface area contributed by atoms with Crippen LogP contribution in [0.4, 0.5) is 0 Å². The molecule has 1 aliphatic heterocycles. The highest BCUT2D eigenvalue weighted by atomic mass is 127. The number of allylic oxidation sites excluding steroid dienone is 4. The third kappa shape index (κ3) is 3.25. The molecule has 4 heteroatoms. The van der Waals surface area contributed by atoms with E-state index in [9.17, 15) is 0 Å². The van der Waals surface area contributed by atoms with E-state index >= 15 is 0 Å². The highest BCUT2D eigenvalue weighted by Gasteiger charge is 2.10. The maximum Gasteiger partial charge on any atom is 0.0672 e. The minimum absolute atomic E-state index is 0.545. The van der Waals surface area contributed by atoms with Crippen LogP contribution in [0.1, 0.15) is 13.3 Å². The first-order chi connectivity index (χ1) is 6.15. The average Bonchev–Trinajstić information content (AvgIpc) is 2.11. The summed E-state index contributed by atoms with van der Waals surface area (Å²) in [6.45, 7) is 2.17. The smallest absolute Gasteiger partial charge is 0.0672 e. The molecule has 1 aliphatic rings. The Morgan fingerprint density at radius 2 is 2.38 bits per heavy atom. The van der Waals surface area contributed by atoms with Crippen LogP contribution in [0.25, 0.3) is 0 Å². The van der Waals surface area contributed by atoms with Crippen LogP contribution in [0.15, 0.2) is 33.7 Å². The minimum atomic E-state index is 0.545. The maximum absolute atomic E-state index is 5.80. The third-order valence-electron chi connectivity index (χ3n) is 1.74. The molecule has 0 aromatic carbocycles. The molecule has 0 saturated heterocycles. The van der Waals surface area contributed by atoms with Crippen molar-refractivity contribution in [3.8, 4) is 0 Å². The zero-order valence-corrected chi connectivity index (χ0v) is 11.7. The molecule has 0 radical (unpaired) electrons. The van der Waals surface area contributed by atoms with Gasteiger partial charge in [0.05, 0.1) is 5.70 Å². The fourth-order valence-electron chi connectivity index (χ4n) is 0.964. The number of nitrogens with two attached hydrogens (primary N) is 1. The van der Waals surface area contributed by atoms with Crippen molar-refractivity contribution in [2.24, 2.45) is 5.84 Å². The van der Waals surface area contributed by atoms with Gasteiger partial charge in [0.25, 0.3) is 0 Å². The van der Waals surface area contributed by atoms with Crippen molar-refractivity contribution in [1.82, 2.24) is 5.01 Å². The minimum Gasteiger partial charge on any atom is -0.286 e. The van der Waals surface area contributed by atoms with E-state index in [1.807, 2.05) is 12.3 Å². The first kappa shape index (κ1) is 11.5. The summed E-state index contributed by atoms with van der Waals surface area (Å²) in [5, 5.41) is 1.67. The van der Waals surface area contributed by atoms with Gasteiger partial charge in [-0.2, -0.15) is 0 Å². The quantitative estimate of drug-likeness (QED) is 0.437. The van der Waals surface area contributed by atoms with Gasteiger partial charge in [-0.1, -0.05) is 29.5 Å². The second kappa shape index (κ2) is 5.35. The molecule has 1 atom stereocenters. The summed E-state index contributed by atoms with van der Waals surface area (Å²) in [7, 11) is 0. The molecule has 72 valence electrons. The van der Waals surface area contributed by atoms with Crippen LogP contribution in [-0.2, 0) is 0 Å². The highest BCUT2D eigenvalue weighted by molar-refractivity contribution is 14.1.